The molecule has 0 unspecified atom stereocenters. The lowest BCUT2D eigenvalue weighted by Gasteiger charge is -2.26. The van der Waals surface area contributed by atoms with Crippen LogP contribution in [0.15, 0.2) is 224 Å². The van der Waals surface area contributed by atoms with Crippen molar-refractivity contribution < 1.29 is 0 Å². The van der Waals surface area contributed by atoms with Gasteiger partial charge in [-0.1, -0.05) is 115 Å². The SMILES string of the molecule is c1ccc(N(c2ccc(-c3ccc(Nc4ccc5c(c4)c4ccccc4n5-c4ccccc4)cc3)cc2)c2ccc3c(c2)c2ccccc2n3-c2ccccc2)cc1. The summed E-state index contributed by atoms with van der Waals surface area (Å²) in [7, 11) is 0. The Balaban J connectivity index is 0.897. The van der Waals surface area contributed by atoms with Gasteiger partial charge in [0.2, 0.25) is 0 Å². The van der Waals surface area contributed by atoms with Gasteiger partial charge in [-0.3, -0.25) is 0 Å². The molecule has 0 aliphatic carbocycles. The van der Waals surface area contributed by atoms with Crippen molar-refractivity contribution >= 4 is 72.0 Å². The summed E-state index contributed by atoms with van der Waals surface area (Å²) in [5.74, 6) is 0. The van der Waals surface area contributed by atoms with Crippen molar-refractivity contribution in [1.29, 1.82) is 0 Å². The molecule has 0 atom stereocenters. The number of hydrogen-bond donors (Lipinski definition) is 1. The molecule has 0 saturated carbocycles. The second-order valence-electron chi connectivity index (χ2n) is 14.7. The van der Waals surface area contributed by atoms with E-state index in [2.05, 4.69) is 244 Å². The zero-order valence-corrected chi connectivity index (χ0v) is 31.7. The van der Waals surface area contributed by atoms with Gasteiger partial charge in [-0.25, -0.2) is 0 Å². The largest absolute Gasteiger partial charge is 0.356 e. The smallest absolute Gasteiger partial charge is 0.0542 e. The standard InChI is InChI=1S/C54H38N4/c1-4-14-42(15-5-1)56(46-33-35-54-50(37-46)48-21-11-13-23-52(48)58(54)44-18-8-3-9-19-44)45-31-26-39(27-32-45)38-24-28-40(29-25-38)55-41-30-34-53-49(36-41)47-20-10-12-22-51(47)57(53)43-16-6-2-7-17-43/h1-37,55H. The molecule has 9 aromatic carbocycles. The second kappa shape index (κ2) is 14.0. The van der Waals surface area contributed by atoms with Crippen LogP contribution in [0.4, 0.5) is 28.4 Å². The number of nitrogens with one attached hydrogen (secondary N) is 1. The Morgan fingerprint density at radius 2 is 0.707 bits per heavy atom. The Hall–Kier alpha value is -7.82. The third-order valence-corrected chi connectivity index (χ3v) is 11.3. The van der Waals surface area contributed by atoms with Crippen LogP contribution in [0.25, 0.3) is 66.1 Å². The first-order chi connectivity index (χ1) is 28.8. The summed E-state index contributed by atoms with van der Waals surface area (Å²) >= 11 is 0. The summed E-state index contributed by atoms with van der Waals surface area (Å²) in [5.41, 5.74) is 14.9. The van der Waals surface area contributed by atoms with Gasteiger partial charge in [0.05, 0.1) is 22.1 Å². The number of hydrogen-bond acceptors (Lipinski definition) is 2. The first-order valence-electron chi connectivity index (χ1n) is 19.8. The lowest BCUT2D eigenvalue weighted by atomic mass is 10.0. The third-order valence-electron chi connectivity index (χ3n) is 11.3. The van der Waals surface area contributed by atoms with Crippen molar-refractivity contribution in [3.63, 3.8) is 0 Å². The van der Waals surface area contributed by atoms with Gasteiger partial charge in [-0.05, 0) is 120 Å². The van der Waals surface area contributed by atoms with Crippen molar-refractivity contribution in [2.24, 2.45) is 0 Å². The first kappa shape index (κ1) is 33.5. The van der Waals surface area contributed by atoms with Crippen molar-refractivity contribution in [3.05, 3.63) is 224 Å². The number of anilines is 5. The van der Waals surface area contributed by atoms with Gasteiger partial charge in [-0.15, -0.1) is 0 Å². The zero-order chi connectivity index (χ0) is 38.4. The summed E-state index contributed by atoms with van der Waals surface area (Å²) in [4.78, 5) is 2.35. The maximum absolute atomic E-state index is 3.67. The van der Waals surface area contributed by atoms with Gasteiger partial charge < -0.3 is 19.4 Å². The lowest BCUT2D eigenvalue weighted by molar-refractivity contribution is 1.18. The van der Waals surface area contributed by atoms with E-state index in [1.807, 2.05) is 0 Å². The number of benzene rings is 9. The molecule has 11 rings (SSSR count). The van der Waals surface area contributed by atoms with Crippen LogP contribution in [0.5, 0.6) is 0 Å². The van der Waals surface area contributed by atoms with Crippen LogP contribution in [0.1, 0.15) is 0 Å². The Morgan fingerprint density at radius 1 is 0.293 bits per heavy atom. The second-order valence-corrected chi connectivity index (χ2v) is 14.7. The highest BCUT2D eigenvalue weighted by atomic mass is 15.1. The van der Waals surface area contributed by atoms with E-state index in [9.17, 15) is 0 Å². The Bertz CT molecular complexity index is 3220. The molecule has 4 heteroatoms. The average Bonchev–Trinajstić information content (AvgIpc) is 3.80. The van der Waals surface area contributed by atoms with Gasteiger partial charge in [0.15, 0.2) is 0 Å². The molecule has 2 aromatic heterocycles. The maximum Gasteiger partial charge on any atom is 0.0542 e. The molecule has 58 heavy (non-hydrogen) atoms. The maximum atomic E-state index is 3.67. The van der Waals surface area contributed by atoms with Gasteiger partial charge in [0, 0.05) is 61.4 Å². The molecule has 274 valence electrons. The molecule has 0 saturated heterocycles. The molecular weight excluding hydrogens is 705 g/mol. The fourth-order valence-electron chi connectivity index (χ4n) is 8.60. The zero-order valence-electron chi connectivity index (χ0n) is 31.7. The Kier molecular flexibility index (Phi) is 8.11. The summed E-state index contributed by atoms with van der Waals surface area (Å²) in [5, 5.41) is 8.59. The van der Waals surface area contributed by atoms with Crippen LogP contribution in [-0.4, -0.2) is 9.13 Å². The number of aromatic nitrogens is 2. The molecule has 2 heterocycles. The minimum atomic E-state index is 1.05. The van der Waals surface area contributed by atoms with E-state index < -0.39 is 0 Å². The molecule has 0 bridgehead atoms. The predicted molar refractivity (Wildman–Crippen MR) is 245 cm³/mol. The van der Waals surface area contributed by atoms with E-state index >= 15 is 0 Å². The summed E-state index contributed by atoms with van der Waals surface area (Å²) in [6, 6.07) is 80.3. The topological polar surface area (TPSA) is 25.1 Å². The van der Waals surface area contributed by atoms with Crippen LogP contribution < -0.4 is 10.2 Å². The van der Waals surface area contributed by atoms with E-state index in [-0.39, 0.29) is 0 Å². The van der Waals surface area contributed by atoms with E-state index in [1.165, 1.54) is 54.7 Å². The molecule has 0 spiro atoms. The molecule has 0 aliphatic rings. The lowest BCUT2D eigenvalue weighted by Crippen LogP contribution is -2.09. The highest BCUT2D eigenvalue weighted by Gasteiger charge is 2.18. The molecule has 0 fully saturated rings. The monoisotopic (exact) mass is 742 g/mol. The van der Waals surface area contributed by atoms with Gasteiger partial charge in [0.25, 0.3) is 0 Å². The van der Waals surface area contributed by atoms with Gasteiger partial charge in [0.1, 0.15) is 0 Å². The van der Waals surface area contributed by atoms with Crippen molar-refractivity contribution in [2.45, 2.75) is 0 Å². The van der Waals surface area contributed by atoms with E-state index in [1.54, 1.807) is 0 Å². The fourth-order valence-corrected chi connectivity index (χ4v) is 8.60. The Labute approximate surface area is 337 Å². The predicted octanol–water partition coefficient (Wildman–Crippen LogP) is 14.8. The molecule has 0 aliphatic heterocycles. The van der Waals surface area contributed by atoms with Gasteiger partial charge in [-0.2, -0.15) is 0 Å². The molecule has 11 aromatic rings. The van der Waals surface area contributed by atoms with Crippen LogP contribution in [0, 0.1) is 0 Å². The van der Waals surface area contributed by atoms with Crippen molar-refractivity contribution in [2.75, 3.05) is 10.2 Å². The molecule has 0 radical (unpaired) electrons. The molecule has 0 amide bonds. The number of nitrogens with zero attached hydrogens (tertiary/aromatic N) is 3. The van der Waals surface area contributed by atoms with Gasteiger partial charge >= 0.3 is 0 Å². The summed E-state index contributed by atoms with van der Waals surface area (Å²) in [6.45, 7) is 0. The van der Waals surface area contributed by atoms with E-state index in [4.69, 9.17) is 0 Å². The van der Waals surface area contributed by atoms with Crippen LogP contribution in [0.2, 0.25) is 0 Å². The van der Waals surface area contributed by atoms with E-state index in [0.717, 1.165) is 39.8 Å². The van der Waals surface area contributed by atoms with Crippen LogP contribution in [-0.2, 0) is 0 Å². The highest BCUT2D eigenvalue weighted by molar-refractivity contribution is 6.11. The normalized spacial score (nSPS) is 11.4. The number of rotatable bonds is 8. The summed E-state index contributed by atoms with van der Waals surface area (Å²) < 4.78 is 4.71. The number of para-hydroxylation sites is 5. The highest BCUT2D eigenvalue weighted by Crippen LogP contribution is 2.40. The van der Waals surface area contributed by atoms with Crippen molar-refractivity contribution in [3.8, 4) is 22.5 Å². The van der Waals surface area contributed by atoms with E-state index in [0.29, 0.717) is 0 Å². The Morgan fingerprint density at radius 3 is 1.29 bits per heavy atom. The minimum Gasteiger partial charge on any atom is -0.356 e. The minimum absolute atomic E-state index is 1.05. The fraction of sp³-hybridized carbons (Fsp3) is 0. The average molecular weight is 743 g/mol. The first-order valence-corrected chi connectivity index (χ1v) is 19.8. The molecule has 1 N–H and O–H groups in total. The molecule has 4 nitrogen and oxygen atoms in total. The number of fused-ring (bicyclic) bond motifs is 6. The van der Waals surface area contributed by atoms with Crippen molar-refractivity contribution in [1.82, 2.24) is 9.13 Å². The third kappa shape index (κ3) is 5.78. The van der Waals surface area contributed by atoms with Crippen LogP contribution >= 0.6 is 0 Å². The quantitative estimate of drug-likeness (QED) is 0.168. The van der Waals surface area contributed by atoms with Crippen LogP contribution in [0.3, 0.4) is 0 Å². The molecular formula is C54H38N4. The summed E-state index contributed by atoms with van der Waals surface area (Å²) in [6.07, 6.45) is 0.